The minimum Gasteiger partial charge on any atom is -0.466 e. The molecule has 1 saturated carbocycles. The Kier molecular flexibility index (Phi) is 12.3. The van der Waals surface area contributed by atoms with Gasteiger partial charge in [-0.15, -0.1) is 0 Å². The molecular formula is C22H38O5. The lowest BCUT2D eigenvalue weighted by Crippen LogP contribution is -2.19. The summed E-state index contributed by atoms with van der Waals surface area (Å²) in [4.78, 5) is 23.5. The Morgan fingerprint density at radius 3 is 2.63 bits per heavy atom. The van der Waals surface area contributed by atoms with E-state index in [1.54, 1.807) is 13.0 Å². The van der Waals surface area contributed by atoms with Crippen molar-refractivity contribution in [2.24, 2.45) is 11.8 Å². The number of hydrogen-bond donors (Lipinski definition) is 2. The van der Waals surface area contributed by atoms with E-state index in [-0.39, 0.29) is 30.0 Å². The first-order valence-electron chi connectivity index (χ1n) is 10.7. The number of aliphatic hydroxyl groups is 2. The first-order valence-corrected chi connectivity index (χ1v) is 10.7. The van der Waals surface area contributed by atoms with E-state index in [4.69, 9.17) is 4.74 Å². The van der Waals surface area contributed by atoms with Gasteiger partial charge in [0.15, 0.2) is 0 Å². The van der Waals surface area contributed by atoms with E-state index in [0.717, 1.165) is 57.8 Å². The third-order valence-corrected chi connectivity index (χ3v) is 5.34. The van der Waals surface area contributed by atoms with Gasteiger partial charge in [0.25, 0.3) is 0 Å². The average Bonchev–Trinajstić information content (AvgIpc) is 2.89. The summed E-state index contributed by atoms with van der Waals surface area (Å²) in [5, 5.41) is 20.2. The van der Waals surface area contributed by atoms with Crippen LogP contribution in [0.3, 0.4) is 0 Å². The van der Waals surface area contributed by atoms with Crippen molar-refractivity contribution in [1.82, 2.24) is 0 Å². The summed E-state index contributed by atoms with van der Waals surface area (Å²) in [6.07, 6.45) is 11.5. The van der Waals surface area contributed by atoms with Crippen molar-refractivity contribution >= 4 is 11.8 Å². The fraction of sp³-hybridized carbons (Fsp3) is 0.818. The summed E-state index contributed by atoms with van der Waals surface area (Å²) in [5.41, 5.74) is 0. The molecule has 1 rings (SSSR count). The number of unbranched alkanes of at least 4 members (excludes halogenated alkanes) is 5. The van der Waals surface area contributed by atoms with Crippen LogP contribution in [0.1, 0.15) is 84.5 Å². The Morgan fingerprint density at radius 2 is 1.93 bits per heavy atom. The van der Waals surface area contributed by atoms with Crippen molar-refractivity contribution in [2.45, 2.75) is 96.7 Å². The van der Waals surface area contributed by atoms with Crippen LogP contribution in [0.25, 0.3) is 0 Å². The normalized spacial score (nSPS) is 23.9. The van der Waals surface area contributed by atoms with Crippen LogP contribution in [0.15, 0.2) is 12.2 Å². The largest absolute Gasteiger partial charge is 0.466 e. The Bertz CT molecular complexity index is 460. The SMILES string of the molecule is CCCCC[C@H](O)C=C[C@H]1[C@H](O)CC(=O)[C@@H]1CCCCCCC(=O)OCC. The summed E-state index contributed by atoms with van der Waals surface area (Å²) >= 11 is 0. The second-order valence-corrected chi connectivity index (χ2v) is 7.63. The molecule has 1 fully saturated rings. The van der Waals surface area contributed by atoms with Crippen LogP contribution in [-0.4, -0.2) is 40.8 Å². The highest BCUT2D eigenvalue weighted by atomic mass is 16.5. The zero-order valence-electron chi connectivity index (χ0n) is 17.1. The zero-order valence-corrected chi connectivity index (χ0v) is 17.1. The molecule has 0 amide bonds. The van der Waals surface area contributed by atoms with Gasteiger partial charge < -0.3 is 14.9 Å². The molecule has 0 unspecified atom stereocenters. The quantitative estimate of drug-likeness (QED) is 0.270. The van der Waals surface area contributed by atoms with Gasteiger partial charge in [-0.3, -0.25) is 9.59 Å². The maximum Gasteiger partial charge on any atom is 0.305 e. The molecule has 0 aromatic rings. The molecule has 5 nitrogen and oxygen atoms in total. The van der Waals surface area contributed by atoms with Gasteiger partial charge in [0.2, 0.25) is 0 Å². The summed E-state index contributed by atoms with van der Waals surface area (Å²) in [6.45, 7) is 4.36. The van der Waals surface area contributed by atoms with E-state index in [0.29, 0.717) is 13.0 Å². The van der Waals surface area contributed by atoms with Crippen LogP contribution in [-0.2, 0) is 14.3 Å². The Labute approximate surface area is 164 Å². The van der Waals surface area contributed by atoms with E-state index in [1.165, 1.54) is 0 Å². The van der Waals surface area contributed by atoms with Crippen molar-refractivity contribution in [3.63, 3.8) is 0 Å². The lowest BCUT2D eigenvalue weighted by molar-refractivity contribution is -0.143. The van der Waals surface area contributed by atoms with E-state index in [2.05, 4.69) is 6.92 Å². The fourth-order valence-corrected chi connectivity index (χ4v) is 3.77. The number of aliphatic hydroxyl groups excluding tert-OH is 2. The fourth-order valence-electron chi connectivity index (χ4n) is 3.77. The number of rotatable bonds is 14. The van der Waals surface area contributed by atoms with E-state index in [1.807, 2.05) is 6.08 Å². The maximum absolute atomic E-state index is 12.2. The second-order valence-electron chi connectivity index (χ2n) is 7.63. The molecule has 0 aromatic heterocycles. The molecule has 0 bridgehead atoms. The van der Waals surface area contributed by atoms with E-state index in [9.17, 15) is 19.8 Å². The van der Waals surface area contributed by atoms with Crippen LogP contribution in [0.5, 0.6) is 0 Å². The summed E-state index contributed by atoms with van der Waals surface area (Å²) in [5.74, 6) is -0.347. The van der Waals surface area contributed by atoms with Crippen LogP contribution < -0.4 is 0 Å². The lowest BCUT2D eigenvalue weighted by Gasteiger charge is -2.18. The number of hydrogen-bond acceptors (Lipinski definition) is 5. The van der Waals surface area contributed by atoms with Crippen LogP contribution in [0, 0.1) is 11.8 Å². The molecule has 27 heavy (non-hydrogen) atoms. The van der Waals surface area contributed by atoms with Gasteiger partial charge >= 0.3 is 5.97 Å². The highest BCUT2D eigenvalue weighted by Gasteiger charge is 2.39. The van der Waals surface area contributed by atoms with E-state index >= 15 is 0 Å². The number of Topliss-reactive ketones (excluding diaryl/α,β-unsaturated/α-hetero) is 1. The molecule has 0 saturated heterocycles. The molecule has 156 valence electrons. The van der Waals surface area contributed by atoms with Crippen molar-refractivity contribution in [2.75, 3.05) is 6.61 Å². The smallest absolute Gasteiger partial charge is 0.305 e. The number of carbonyl (C=O) groups excluding carboxylic acids is 2. The van der Waals surface area contributed by atoms with Gasteiger partial charge in [0.05, 0.1) is 18.8 Å². The van der Waals surface area contributed by atoms with Gasteiger partial charge in [-0.1, -0.05) is 57.6 Å². The van der Waals surface area contributed by atoms with Crippen molar-refractivity contribution in [3.05, 3.63) is 12.2 Å². The Morgan fingerprint density at radius 1 is 1.19 bits per heavy atom. The molecule has 1 aliphatic carbocycles. The van der Waals surface area contributed by atoms with Gasteiger partial charge in [0, 0.05) is 24.7 Å². The van der Waals surface area contributed by atoms with Gasteiger partial charge in [-0.25, -0.2) is 0 Å². The Balaban J connectivity index is 2.34. The standard InChI is InChI=1S/C22H38O5/c1-3-5-8-11-17(23)14-15-19-18(20(24)16-21(19)25)12-9-6-7-10-13-22(26)27-4-2/h14-15,17-19,21,23,25H,3-13,16H2,1-2H3/t17-,18+,19+,21+/m0/s1. The molecule has 0 aliphatic heterocycles. The van der Waals surface area contributed by atoms with Crippen molar-refractivity contribution in [3.8, 4) is 0 Å². The van der Waals surface area contributed by atoms with Gasteiger partial charge in [-0.05, 0) is 26.2 Å². The molecule has 0 spiro atoms. The molecule has 0 radical (unpaired) electrons. The predicted molar refractivity (Wildman–Crippen MR) is 106 cm³/mol. The zero-order chi connectivity index (χ0) is 20.1. The molecule has 1 aliphatic rings. The van der Waals surface area contributed by atoms with Crippen molar-refractivity contribution in [1.29, 1.82) is 0 Å². The first kappa shape index (κ1) is 23.8. The molecule has 4 atom stereocenters. The number of ether oxygens (including phenoxy) is 1. The number of carbonyl (C=O) groups is 2. The topological polar surface area (TPSA) is 83.8 Å². The second kappa shape index (κ2) is 13.9. The number of ketones is 1. The van der Waals surface area contributed by atoms with Gasteiger partial charge in [0.1, 0.15) is 5.78 Å². The molecule has 5 heteroatoms. The van der Waals surface area contributed by atoms with Crippen molar-refractivity contribution < 1.29 is 24.5 Å². The summed E-state index contributed by atoms with van der Waals surface area (Å²) in [7, 11) is 0. The van der Waals surface area contributed by atoms with Gasteiger partial charge in [-0.2, -0.15) is 0 Å². The molecule has 2 N–H and O–H groups in total. The predicted octanol–water partition coefficient (Wildman–Crippen LogP) is 3.95. The van der Waals surface area contributed by atoms with Crippen LogP contribution in [0.4, 0.5) is 0 Å². The monoisotopic (exact) mass is 382 g/mol. The third kappa shape index (κ3) is 9.52. The minimum atomic E-state index is -0.634. The summed E-state index contributed by atoms with van der Waals surface area (Å²) in [6, 6.07) is 0. The average molecular weight is 383 g/mol. The maximum atomic E-state index is 12.2. The highest BCUT2D eigenvalue weighted by molar-refractivity contribution is 5.84. The first-order chi connectivity index (χ1) is 13.0. The minimum absolute atomic E-state index is 0.129. The number of esters is 1. The Hall–Kier alpha value is -1.20. The highest BCUT2D eigenvalue weighted by Crippen LogP contribution is 2.34. The molecule has 0 heterocycles. The summed E-state index contributed by atoms with van der Waals surface area (Å²) < 4.78 is 4.91. The van der Waals surface area contributed by atoms with Crippen LogP contribution in [0.2, 0.25) is 0 Å². The lowest BCUT2D eigenvalue weighted by atomic mass is 9.88. The molecule has 0 aromatic carbocycles. The third-order valence-electron chi connectivity index (χ3n) is 5.34. The van der Waals surface area contributed by atoms with E-state index < -0.39 is 12.2 Å². The molecular weight excluding hydrogens is 344 g/mol. The van der Waals surface area contributed by atoms with Crippen LogP contribution >= 0.6 is 0 Å².